The van der Waals surface area contributed by atoms with Crippen LogP contribution in [0.1, 0.15) is 17.3 Å². The summed E-state index contributed by atoms with van der Waals surface area (Å²) >= 11 is 0. The van der Waals surface area contributed by atoms with Gasteiger partial charge in [-0.25, -0.2) is 8.78 Å². The number of para-hydroxylation sites is 1. The van der Waals surface area contributed by atoms with Crippen LogP contribution in [-0.4, -0.2) is 43.9 Å². The van der Waals surface area contributed by atoms with Gasteiger partial charge in [-0.2, -0.15) is 0 Å². The minimum atomic E-state index is -0.869. The third-order valence-electron chi connectivity index (χ3n) is 3.86. The molecule has 0 atom stereocenters. The molecule has 0 aliphatic rings. The number of hydrogen-bond donors (Lipinski definition) is 1. The zero-order valence-electron chi connectivity index (χ0n) is 14.9. The maximum atomic E-state index is 13.6. The number of carbonyl (C=O) groups excluding carboxylic acids is 2. The van der Waals surface area contributed by atoms with Gasteiger partial charge in [-0.15, -0.1) is 0 Å². The van der Waals surface area contributed by atoms with Crippen LogP contribution in [-0.2, 0) is 4.79 Å². The Hall–Kier alpha value is -2.96. The highest BCUT2D eigenvalue weighted by Gasteiger charge is 2.19. The lowest BCUT2D eigenvalue weighted by Gasteiger charge is -2.21. The molecule has 138 valence electrons. The Kier molecular flexibility index (Phi) is 6.27. The summed E-state index contributed by atoms with van der Waals surface area (Å²) in [6.07, 6.45) is 0. The molecule has 2 rings (SSSR count). The summed E-state index contributed by atoms with van der Waals surface area (Å²) in [6.45, 7) is 1.70. The van der Waals surface area contributed by atoms with E-state index in [0.29, 0.717) is 5.56 Å². The number of benzene rings is 2. The number of nitrogens with zero attached hydrogens (tertiary/aromatic N) is 2. The molecule has 26 heavy (non-hydrogen) atoms. The maximum Gasteiger partial charge on any atom is 0.254 e. The predicted octanol–water partition coefficient (Wildman–Crippen LogP) is 3.13. The Bertz CT molecular complexity index is 772. The van der Waals surface area contributed by atoms with Crippen LogP contribution in [0.25, 0.3) is 0 Å². The summed E-state index contributed by atoms with van der Waals surface area (Å²) in [4.78, 5) is 27.9. The van der Waals surface area contributed by atoms with Gasteiger partial charge in [-0.1, -0.05) is 6.07 Å². The second kappa shape index (κ2) is 8.42. The van der Waals surface area contributed by atoms with Crippen LogP contribution in [0.3, 0.4) is 0 Å². The van der Waals surface area contributed by atoms with Crippen LogP contribution < -0.4 is 10.2 Å². The van der Waals surface area contributed by atoms with Crippen LogP contribution in [0.5, 0.6) is 0 Å². The van der Waals surface area contributed by atoms with Gasteiger partial charge in [0.05, 0.1) is 0 Å². The summed E-state index contributed by atoms with van der Waals surface area (Å²) < 4.78 is 27.2. The normalized spacial score (nSPS) is 10.3. The fourth-order valence-electron chi connectivity index (χ4n) is 2.38. The van der Waals surface area contributed by atoms with E-state index in [1.807, 2.05) is 19.0 Å². The molecule has 5 nitrogen and oxygen atoms in total. The summed E-state index contributed by atoms with van der Waals surface area (Å²) in [5, 5.41) is 2.18. The van der Waals surface area contributed by atoms with Crippen molar-refractivity contribution >= 4 is 23.2 Å². The molecular weight excluding hydrogens is 340 g/mol. The van der Waals surface area contributed by atoms with E-state index in [1.165, 1.54) is 11.0 Å². The number of halogens is 2. The number of nitrogens with one attached hydrogen (secondary N) is 1. The third-order valence-corrected chi connectivity index (χ3v) is 3.86. The largest absolute Gasteiger partial charge is 0.378 e. The number of carbonyl (C=O) groups is 2. The number of likely N-dealkylation sites (N-methyl/N-ethyl adjacent to an activating group) is 1. The first-order valence-corrected chi connectivity index (χ1v) is 8.14. The third kappa shape index (κ3) is 4.56. The smallest absolute Gasteiger partial charge is 0.254 e. The van der Waals surface area contributed by atoms with Gasteiger partial charge >= 0.3 is 0 Å². The monoisotopic (exact) mass is 361 g/mol. The second-order valence-electron chi connectivity index (χ2n) is 5.91. The zero-order valence-corrected chi connectivity index (χ0v) is 14.9. The summed E-state index contributed by atoms with van der Waals surface area (Å²) in [5.74, 6) is -2.74. The lowest BCUT2D eigenvalue weighted by molar-refractivity contribution is -0.116. The van der Waals surface area contributed by atoms with Gasteiger partial charge in [0.15, 0.2) is 0 Å². The fourth-order valence-corrected chi connectivity index (χ4v) is 2.38. The van der Waals surface area contributed by atoms with E-state index >= 15 is 0 Å². The Morgan fingerprint density at radius 3 is 2.08 bits per heavy atom. The molecule has 0 aliphatic carbocycles. The van der Waals surface area contributed by atoms with Gasteiger partial charge in [-0.3, -0.25) is 9.59 Å². The van der Waals surface area contributed by atoms with Crippen LogP contribution in [0.15, 0.2) is 42.5 Å². The SMILES string of the molecule is CCN(CC(=O)Nc1c(F)cccc1F)C(=O)c1ccc(N(C)C)cc1. The van der Waals surface area contributed by atoms with E-state index in [0.717, 1.165) is 17.8 Å². The average molecular weight is 361 g/mol. The Morgan fingerprint density at radius 1 is 1.00 bits per heavy atom. The molecule has 0 heterocycles. The van der Waals surface area contributed by atoms with E-state index in [1.54, 1.807) is 31.2 Å². The average Bonchev–Trinajstić information content (AvgIpc) is 2.62. The molecule has 0 fully saturated rings. The molecule has 0 saturated heterocycles. The highest BCUT2D eigenvalue weighted by molar-refractivity contribution is 5.99. The lowest BCUT2D eigenvalue weighted by Crippen LogP contribution is -2.38. The van der Waals surface area contributed by atoms with Gasteiger partial charge in [0.1, 0.15) is 23.9 Å². The molecule has 0 saturated carbocycles. The van der Waals surface area contributed by atoms with Gasteiger partial charge in [0.2, 0.25) is 5.91 Å². The topological polar surface area (TPSA) is 52.7 Å². The van der Waals surface area contributed by atoms with Crippen molar-refractivity contribution in [3.63, 3.8) is 0 Å². The minimum Gasteiger partial charge on any atom is -0.378 e. The molecule has 7 heteroatoms. The first kappa shape index (κ1) is 19.4. The summed E-state index contributed by atoms with van der Waals surface area (Å²) in [6, 6.07) is 10.3. The highest BCUT2D eigenvalue weighted by atomic mass is 19.1. The van der Waals surface area contributed by atoms with E-state index < -0.39 is 23.2 Å². The van der Waals surface area contributed by atoms with Crippen LogP contribution in [0.4, 0.5) is 20.2 Å². The first-order valence-electron chi connectivity index (χ1n) is 8.14. The van der Waals surface area contributed by atoms with Crippen molar-refractivity contribution in [2.75, 3.05) is 37.4 Å². The van der Waals surface area contributed by atoms with E-state index in [2.05, 4.69) is 5.32 Å². The molecule has 0 aromatic heterocycles. The molecule has 2 aromatic rings. The Morgan fingerprint density at radius 2 is 1.58 bits per heavy atom. The molecule has 0 unspecified atom stereocenters. The fraction of sp³-hybridized carbons (Fsp3) is 0.263. The van der Waals surface area contributed by atoms with Crippen molar-refractivity contribution in [1.29, 1.82) is 0 Å². The highest BCUT2D eigenvalue weighted by Crippen LogP contribution is 2.18. The molecule has 2 amide bonds. The number of amides is 2. The summed E-state index contributed by atoms with van der Waals surface area (Å²) in [7, 11) is 3.78. The Labute approximate surface area is 151 Å². The molecular formula is C19H21F2N3O2. The minimum absolute atomic E-state index is 0.279. The zero-order chi connectivity index (χ0) is 19.3. The molecule has 0 bridgehead atoms. The van der Waals surface area contributed by atoms with E-state index in [-0.39, 0.29) is 19.0 Å². The number of anilines is 2. The molecule has 1 N–H and O–H groups in total. The van der Waals surface area contributed by atoms with Crippen LogP contribution in [0, 0.1) is 11.6 Å². The van der Waals surface area contributed by atoms with Crippen molar-refractivity contribution in [3.8, 4) is 0 Å². The predicted molar refractivity (Wildman–Crippen MR) is 97.3 cm³/mol. The number of rotatable bonds is 6. The Balaban J connectivity index is 2.08. The maximum absolute atomic E-state index is 13.6. The quantitative estimate of drug-likeness (QED) is 0.860. The second-order valence-corrected chi connectivity index (χ2v) is 5.91. The first-order chi connectivity index (χ1) is 12.3. The van der Waals surface area contributed by atoms with E-state index in [4.69, 9.17) is 0 Å². The standard InChI is InChI=1S/C19H21F2N3O2/c1-4-24(19(26)13-8-10-14(11-9-13)23(2)3)12-17(25)22-18-15(20)6-5-7-16(18)21/h5-11H,4,12H2,1-3H3,(H,22,25). The van der Waals surface area contributed by atoms with Crippen molar-refractivity contribution in [1.82, 2.24) is 4.90 Å². The molecule has 0 radical (unpaired) electrons. The summed E-state index contributed by atoms with van der Waals surface area (Å²) in [5.41, 5.74) is 0.857. The molecule has 0 spiro atoms. The van der Waals surface area contributed by atoms with Crippen molar-refractivity contribution in [3.05, 3.63) is 59.7 Å². The van der Waals surface area contributed by atoms with Crippen LogP contribution in [0.2, 0.25) is 0 Å². The lowest BCUT2D eigenvalue weighted by atomic mass is 10.1. The van der Waals surface area contributed by atoms with Gasteiger partial charge in [0, 0.05) is 31.9 Å². The van der Waals surface area contributed by atoms with Gasteiger partial charge < -0.3 is 15.1 Å². The van der Waals surface area contributed by atoms with Gasteiger partial charge in [0.25, 0.3) is 5.91 Å². The molecule has 0 aliphatic heterocycles. The van der Waals surface area contributed by atoms with Crippen molar-refractivity contribution in [2.45, 2.75) is 6.92 Å². The van der Waals surface area contributed by atoms with Crippen molar-refractivity contribution < 1.29 is 18.4 Å². The molecule has 2 aromatic carbocycles. The van der Waals surface area contributed by atoms with Gasteiger partial charge in [-0.05, 0) is 43.3 Å². The number of hydrogen-bond acceptors (Lipinski definition) is 3. The van der Waals surface area contributed by atoms with E-state index in [9.17, 15) is 18.4 Å². The van der Waals surface area contributed by atoms with Crippen LogP contribution >= 0.6 is 0 Å². The van der Waals surface area contributed by atoms with Crippen molar-refractivity contribution in [2.24, 2.45) is 0 Å².